The molecule has 1 fully saturated rings. The molecule has 3 heterocycles. The van der Waals surface area contributed by atoms with Gasteiger partial charge in [0, 0.05) is 48.5 Å². The standard InChI is InChI=1S/C15H15N7O2/c23-22(24)14-4-3-13(11-5-6-16-8-12(11)14)21-7-1-2-10(9-21)15-17-19-20-18-15/h3-6,8,10H,1-2,7,9H2,(H,17,18,19,20). The number of pyridine rings is 1. The molecule has 1 N–H and O–H groups in total. The number of hydrogen-bond acceptors (Lipinski definition) is 7. The number of tetrazole rings is 1. The van der Waals surface area contributed by atoms with Gasteiger partial charge in [0.25, 0.3) is 5.69 Å². The van der Waals surface area contributed by atoms with Gasteiger partial charge in [0.1, 0.15) is 0 Å². The fourth-order valence-corrected chi connectivity index (χ4v) is 3.34. The minimum atomic E-state index is -0.369. The van der Waals surface area contributed by atoms with Crippen LogP contribution in [0.5, 0.6) is 0 Å². The summed E-state index contributed by atoms with van der Waals surface area (Å²) in [6, 6.07) is 5.20. The molecule has 1 atom stereocenters. The number of aromatic nitrogens is 5. The number of nitro groups is 1. The van der Waals surface area contributed by atoms with Crippen LogP contribution in [0.25, 0.3) is 10.8 Å². The van der Waals surface area contributed by atoms with E-state index in [9.17, 15) is 10.1 Å². The van der Waals surface area contributed by atoms with Crippen LogP contribution >= 0.6 is 0 Å². The van der Waals surface area contributed by atoms with Crippen molar-refractivity contribution in [2.45, 2.75) is 18.8 Å². The summed E-state index contributed by atoms with van der Waals surface area (Å²) < 4.78 is 0. The van der Waals surface area contributed by atoms with Gasteiger partial charge in [-0.1, -0.05) is 5.21 Å². The van der Waals surface area contributed by atoms with Gasteiger partial charge >= 0.3 is 0 Å². The first-order chi connectivity index (χ1) is 11.7. The van der Waals surface area contributed by atoms with Crippen molar-refractivity contribution in [1.29, 1.82) is 0 Å². The van der Waals surface area contributed by atoms with Crippen molar-refractivity contribution in [3.63, 3.8) is 0 Å². The van der Waals surface area contributed by atoms with Gasteiger partial charge in [-0.2, -0.15) is 5.21 Å². The van der Waals surface area contributed by atoms with Gasteiger partial charge in [-0.25, -0.2) is 0 Å². The molecule has 0 radical (unpaired) electrons. The highest BCUT2D eigenvalue weighted by atomic mass is 16.6. The molecule has 0 bridgehead atoms. The van der Waals surface area contributed by atoms with Gasteiger partial charge in [0.2, 0.25) is 0 Å². The first-order valence-corrected chi connectivity index (χ1v) is 7.73. The number of aromatic amines is 1. The van der Waals surface area contributed by atoms with Crippen LogP contribution in [0, 0.1) is 10.1 Å². The Labute approximate surface area is 136 Å². The predicted molar refractivity (Wildman–Crippen MR) is 86.8 cm³/mol. The highest BCUT2D eigenvalue weighted by molar-refractivity contribution is 5.99. The van der Waals surface area contributed by atoms with Crippen LogP contribution in [0.2, 0.25) is 0 Å². The molecule has 0 amide bonds. The van der Waals surface area contributed by atoms with Crippen molar-refractivity contribution >= 4 is 22.1 Å². The first kappa shape index (κ1) is 14.5. The van der Waals surface area contributed by atoms with Crippen molar-refractivity contribution < 1.29 is 4.92 Å². The molecule has 24 heavy (non-hydrogen) atoms. The Morgan fingerprint density at radius 1 is 1.29 bits per heavy atom. The number of H-pyrrole nitrogens is 1. The average molecular weight is 325 g/mol. The van der Waals surface area contributed by atoms with E-state index in [-0.39, 0.29) is 16.5 Å². The zero-order valence-corrected chi connectivity index (χ0v) is 12.8. The molecular formula is C15H15N7O2. The number of benzene rings is 1. The molecule has 9 nitrogen and oxygen atoms in total. The van der Waals surface area contributed by atoms with Crippen LogP contribution < -0.4 is 4.90 Å². The third-order valence-electron chi connectivity index (χ3n) is 4.46. The number of hydrogen-bond donors (Lipinski definition) is 1. The Morgan fingerprint density at radius 2 is 2.21 bits per heavy atom. The molecule has 0 spiro atoms. The SMILES string of the molecule is O=[N+]([O-])c1ccc(N2CCCC(c3nn[nH]n3)C2)c2ccncc12. The summed E-state index contributed by atoms with van der Waals surface area (Å²) in [4.78, 5) is 17.2. The maximum absolute atomic E-state index is 11.2. The van der Waals surface area contributed by atoms with E-state index in [1.165, 1.54) is 0 Å². The maximum atomic E-state index is 11.2. The normalized spacial score (nSPS) is 18.0. The average Bonchev–Trinajstić information content (AvgIpc) is 3.15. The Morgan fingerprint density at radius 3 is 3.00 bits per heavy atom. The summed E-state index contributed by atoms with van der Waals surface area (Å²) in [7, 11) is 0. The highest BCUT2D eigenvalue weighted by Gasteiger charge is 2.26. The number of piperidine rings is 1. The van der Waals surface area contributed by atoms with E-state index in [2.05, 4.69) is 30.5 Å². The van der Waals surface area contributed by atoms with E-state index in [1.54, 1.807) is 18.5 Å². The van der Waals surface area contributed by atoms with E-state index < -0.39 is 0 Å². The van der Waals surface area contributed by atoms with Gasteiger partial charge < -0.3 is 4.90 Å². The van der Waals surface area contributed by atoms with Crippen molar-refractivity contribution in [3.8, 4) is 0 Å². The third kappa shape index (κ3) is 2.43. The summed E-state index contributed by atoms with van der Waals surface area (Å²) in [5, 5.41) is 27.0. The number of anilines is 1. The monoisotopic (exact) mass is 325 g/mol. The van der Waals surface area contributed by atoms with Gasteiger partial charge in [0.15, 0.2) is 5.82 Å². The summed E-state index contributed by atoms with van der Waals surface area (Å²) in [5.74, 6) is 0.914. The molecule has 1 aromatic carbocycles. The lowest BCUT2D eigenvalue weighted by molar-refractivity contribution is -0.383. The molecule has 4 rings (SSSR count). The lowest BCUT2D eigenvalue weighted by Crippen LogP contribution is -2.34. The zero-order valence-electron chi connectivity index (χ0n) is 12.8. The summed E-state index contributed by atoms with van der Waals surface area (Å²) in [5.41, 5.74) is 1.06. The van der Waals surface area contributed by atoms with Crippen LogP contribution in [-0.4, -0.2) is 43.6 Å². The summed E-state index contributed by atoms with van der Waals surface area (Å²) in [6.45, 7) is 1.65. The first-order valence-electron chi connectivity index (χ1n) is 7.73. The molecule has 1 aliphatic rings. The van der Waals surface area contributed by atoms with Gasteiger partial charge in [-0.15, -0.1) is 10.2 Å². The lowest BCUT2D eigenvalue weighted by Gasteiger charge is -2.33. The maximum Gasteiger partial charge on any atom is 0.278 e. The van der Waals surface area contributed by atoms with Crippen molar-refractivity contribution in [2.75, 3.05) is 18.0 Å². The molecule has 2 aromatic heterocycles. The second-order valence-electron chi connectivity index (χ2n) is 5.84. The number of fused-ring (bicyclic) bond motifs is 1. The van der Waals surface area contributed by atoms with Gasteiger partial charge in [-0.05, 0) is 25.0 Å². The molecule has 1 aliphatic heterocycles. The molecule has 9 heteroatoms. The number of nitrogens with one attached hydrogen (secondary N) is 1. The number of nitro benzene ring substituents is 1. The van der Waals surface area contributed by atoms with Crippen LogP contribution in [0.3, 0.4) is 0 Å². The number of nitrogens with zero attached hydrogens (tertiary/aromatic N) is 6. The smallest absolute Gasteiger partial charge is 0.278 e. The highest BCUT2D eigenvalue weighted by Crippen LogP contribution is 2.36. The Hall–Kier alpha value is -3.10. The fourth-order valence-electron chi connectivity index (χ4n) is 3.34. The zero-order chi connectivity index (χ0) is 16.5. The molecule has 0 aliphatic carbocycles. The van der Waals surface area contributed by atoms with E-state index in [0.717, 1.165) is 37.0 Å². The molecule has 1 unspecified atom stereocenters. The minimum Gasteiger partial charge on any atom is -0.370 e. The van der Waals surface area contributed by atoms with Gasteiger partial charge in [0.05, 0.1) is 10.3 Å². The van der Waals surface area contributed by atoms with Crippen molar-refractivity contribution in [3.05, 3.63) is 46.5 Å². The van der Waals surface area contributed by atoms with E-state index >= 15 is 0 Å². The second kappa shape index (κ2) is 5.84. The number of rotatable bonds is 3. The van der Waals surface area contributed by atoms with E-state index in [1.807, 2.05) is 12.1 Å². The predicted octanol–water partition coefficient (Wildman–Crippen LogP) is 2.04. The van der Waals surface area contributed by atoms with Crippen molar-refractivity contribution in [2.24, 2.45) is 0 Å². The summed E-state index contributed by atoms with van der Waals surface area (Å²) >= 11 is 0. The quantitative estimate of drug-likeness (QED) is 0.579. The summed E-state index contributed by atoms with van der Waals surface area (Å²) in [6.07, 6.45) is 5.22. The molecule has 0 saturated carbocycles. The van der Waals surface area contributed by atoms with Crippen LogP contribution in [0.1, 0.15) is 24.6 Å². The van der Waals surface area contributed by atoms with E-state index in [4.69, 9.17) is 0 Å². The largest absolute Gasteiger partial charge is 0.370 e. The van der Waals surface area contributed by atoms with Crippen LogP contribution in [0.15, 0.2) is 30.6 Å². The van der Waals surface area contributed by atoms with Crippen LogP contribution in [-0.2, 0) is 0 Å². The minimum absolute atomic E-state index is 0.0774. The Kier molecular flexibility index (Phi) is 3.52. The van der Waals surface area contributed by atoms with Gasteiger partial charge in [-0.3, -0.25) is 15.1 Å². The Balaban J connectivity index is 1.74. The van der Waals surface area contributed by atoms with Crippen LogP contribution in [0.4, 0.5) is 11.4 Å². The fraction of sp³-hybridized carbons (Fsp3) is 0.333. The number of non-ortho nitro benzene ring substituents is 1. The third-order valence-corrected chi connectivity index (χ3v) is 4.46. The molecule has 1 saturated heterocycles. The Bertz CT molecular complexity index is 881. The topological polar surface area (TPSA) is 114 Å². The van der Waals surface area contributed by atoms with Crippen molar-refractivity contribution in [1.82, 2.24) is 25.6 Å². The molecule has 122 valence electrons. The molecule has 3 aromatic rings. The van der Waals surface area contributed by atoms with E-state index in [0.29, 0.717) is 11.2 Å². The second-order valence-corrected chi connectivity index (χ2v) is 5.84. The molecular weight excluding hydrogens is 310 g/mol. The lowest BCUT2D eigenvalue weighted by atomic mass is 9.96.